The number of hydrogen-bond donors (Lipinski definition) is 1. The van der Waals surface area contributed by atoms with Gasteiger partial charge in [-0.2, -0.15) is 0 Å². The van der Waals surface area contributed by atoms with Crippen LogP contribution in [-0.4, -0.2) is 45.2 Å². The molecule has 6 heteroatoms. The van der Waals surface area contributed by atoms with Crippen LogP contribution in [0.5, 0.6) is 0 Å². The predicted octanol–water partition coefficient (Wildman–Crippen LogP) is 2.72. The summed E-state index contributed by atoms with van der Waals surface area (Å²) in [6.45, 7) is 2.22. The second-order valence-corrected chi connectivity index (χ2v) is 4.77. The first kappa shape index (κ1) is 18.7. The first-order valence-electron chi connectivity index (χ1n) is 5.83. The number of nitrogens with one attached hydrogen (secondary N) is 1. The van der Waals surface area contributed by atoms with E-state index in [-0.39, 0.29) is 24.0 Å². The first-order valence-corrected chi connectivity index (χ1v) is 6.62. The van der Waals surface area contributed by atoms with E-state index in [0.717, 1.165) is 23.5 Å². The van der Waals surface area contributed by atoms with Crippen LogP contribution >= 0.6 is 39.9 Å². The van der Waals surface area contributed by atoms with Gasteiger partial charge in [-0.15, -0.1) is 24.0 Å². The van der Waals surface area contributed by atoms with Gasteiger partial charge in [0, 0.05) is 38.8 Å². The van der Waals surface area contributed by atoms with Crippen molar-refractivity contribution in [3.8, 4) is 0 Å². The molecule has 1 rings (SSSR count). The van der Waals surface area contributed by atoms with Gasteiger partial charge in [0.25, 0.3) is 0 Å². The second kappa shape index (κ2) is 10.4. The van der Waals surface area contributed by atoms with Gasteiger partial charge in [0.15, 0.2) is 5.96 Å². The Morgan fingerprint density at radius 2 is 2.11 bits per heavy atom. The van der Waals surface area contributed by atoms with E-state index in [1.54, 1.807) is 14.2 Å². The van der Waals surface area contributed by atoms with Crippen molar-refractivity contribution in [3.63, 3.8) is 0 Å². The van der Waals surface area contributed by atoms with Gasteiger partial charge in [-0.3, -0.25) is 4.99 Å². The van der Waals surface area contributed by atoms with Crippen LogP contribution in [0.25, 0.3) is 0 Å². The van der Waals surface area contributed by atoms with Crippen LogP contribution in [0.2, 0.25) is 0 Å². The van der Waals surface area contributed by atoms with E-state index in [2.05, 4.69) is 37.2 Å². The summed E-state index contributed by atoms with van der Waals surface area (Å²) in [4.78, 5) is 6.33. The standard InChI is InChI=1S/C13H20BrN3O.HI/c1-15-13(16-8-9-18-3)17(2)10-11-6-4-5-7-12(11)14;/h4-7H,8-10H2,1-3H3,(H,15,16);1H. The van der Waals surface area contributed by atoms with Crippen molar-refractivity contribution < 1.29 is 4.74 Å². The van der Waals surface area contributed by atoms with E-state index in [1.165, 1.54) is 5.56 Å². The lowest BCUT2D eigenvalue weighted by Gasteiger charge is -2.22. The summed E-state index contributed by atoms with van der Waals surface area (Å²) < 4.78 is 6.13. The highest BCUT2D eigenvalue weighted by Crippen LogP contribution is 2.17. The number of ether oxygens (including phenoxy) is 1. The molecule has 0 aromatic heterocycles. The summed E-state index contributed by atoms with van der Waals surface area (Å²) in [5, 5.41) is 3.25. The molecule has 19 heavy (non-hydrogen) atoms. The largest absolute Gasteiger partial charge is 0.383 e. The number of guanidine groups is 1. The smallest absolute Gasteiger partial charge is 0.193 e. The minimum Gasteiger partial charge on any atom is -0.383 e. The Morgan fingerprint density at radius 1 is 1.42 bits per heavy atom. The molecule has 0 aliphatic carbocycles. The summed E-state index contributed by atoms with van der Waals surface area (Å²) in [6, 6.07) is 8.20. The Hall–Kier alpha value is -0.340. The molecule has 4 nitrogen and oxygen atoms in total. The molecule has 0 fully saturated rings. The molecule has 1 aromatic rings. The number of halogens is 2. The molecule has 0 bridgehead atoms. The van der Waals surface area contributed by atoms with Crippen molar-refractivity contribution in [1.29, 1.82) is 0 Å². The van der Waals surface area contributed by atoms with Crippen molar-refractivity contribution in [1.82, 2.24) is 10.2 Å². The maximum Gasteiger partial charge on any atom is 0.193 e. The highest BCUT2D eigenvalue weighted by Gasteiger charge is 2.07. The fourth-order valence-electron chi connectivity index (χ4n) is 1.61. The number of benzene rings is 1. The maximum absolute atomic E-state index is 5.01. The number of rotatable bonds is 5. The third-order valence-corrected chi connectivity index (χ3v) is 3.30. The lowest BCUT2D eigenvalue weighted by molar-refractivity contribution is 0.203. The van der Waals surface area contributed by atoms with Crippen LogP contribution in [0.4, 0.5) is 0 Å². The average Bonchev–Trinajstić information content (AvgIpc) is 2.37. The first-order chi connectivity index (χ1) is 8.69. The molecule has 0 spiro atoms. The van der Waals surface area contributed by atoms with Crippen molar-refractivity contribution >= 4 is 45.9 Å². The molecule has 1 N–H and O–H groups in total. The monoisotopic (exact) mass is 441 g/mol. The normalized spacial score (nSPS) is 10.8. The van der Waals surface area contributed by atoms with Crippen LogP contribution in [0.1, 0.15) is 5.56 Å². The predicted molar refractivity (Wildman–Crippen MR) is 94.3 cm³/mol. The van der Waals surface area contributed by atoms with Gasteiger partial charge in [0.2, 0.25) is 0 Å². The molecule has 1 aromatic carbocycles. The second-order valence-electron chi connectivity index (χ2n) is 3.91. The molecular formula is C13H21BrIN3O. The summed E-state index contributed by atoms with van der Waals surface area (Å²) in [7, 11) is 5.49. The van der Waals surface area contributed by atoms with Gasteiger partial charge in [0.1, 0.15) is 0 Å². The molecule has 0 aliphatic rings. The Balaban J connectivity index is 0.00000324. The third kappa shape index (κ3) is 6.58. The number of hydrogen-bond acceptors (Lipinski definition) is 2. The molecule has 0 amide bonds. The van der Waals surface area contributed by atoms with Crippen molar-refractivity contribution in [2.75, 3.05) is 34.4 Å². The average molecular weight is 442 g/mol. The molecule has 0 unspecified atom stereocenters. The molecule has 0 saturated carbocycles. The van der Waals surface area contributed by atoms with Gasteiger partial charge in [0.05, 0.1) is 6.61 Å². The molecular weight excluding hydrogens is 421 g/mol. The highest BCUT2D eigenvalue weighted by molar-refractivity contribution is 14.0. The molecule has 0 aliphatic heterocycles. The van der Waals surface area contributed by atoms with Crippen LogP contribution in [0, 0.1) is 0 Å². The maximum atomic E-state index is 5.01. The number of nitrogens with zero attached hydrogens (tertiary/aromatic N) is 2. The molecule has 0 atom stereocenters. The quantitative estimate of drug-likeness (QED) is 0.330. The van der Waals surface area contributed by atoms with Crippen LogP contribution in [0.3, 0.4) is 0 Å². The number of methoxy groups -OCH3 is 1. The third-order valence-electron chi connectivity index (χ3n) is 2.53. The van der Waals surface area contributed by atoms with E-state index in [4.69, 9.17) is 4.74 Å². The molecule has 0 saturated heterocycles. The number of aliphatic imine (C=N–C) groups is 1. The van der Waals surface area contributed by atoms with Crippen LogP contribution in [-0.2, 0) is 11.3 Å². The molecule has 0 radical (unpaired) electrons. The summed E-state index contributed by atoms with van der Waals surface area (Å²) in [6.07, 6.45) is 0. The van der Waals surface area contributed by atoms with Crippen LogP contribution < -0.4 is 5.32 Å². The topological polar surface area (TPSA) is 36.9 Å². The van der Waals surface area contributed by atoms with Crippen molar-refractivity contribution in [3.05, 3.63) is 34.3 Å². The van der Waals surface area contributed by atoms with Gasteiger partial charge < -0.3 is 15.0 Å². The van der Waals surface area contributed by atoms with Crippen LogP contribution in [0.15, 0.2) is 33.7 Å². The van der Waals surface area contributed by atoms with Crippen molar-refractivity contribution in [2.45, 2.75) is 6.54 Å². The zero-order chi connectivity index (χ0) is 13.4. The fraction of sp³-hybridized carbons (Fsp3) is 0.462. The zero-order valence-electron chi connectivity index (χ0n) is 11.5. The minimum absolute atomic E-state index is 0. The minimum atomic E-state index is 0. The lowest BCUT2D eigenvalue weighted by Crippen LogP contribution is -2.39. The Labute approximate surface area is 140 Å². The Bertz CT molecular complexity index is 401. The summed E-state index contributed by atoms with van der Waals surface area (Å²) in [5.74, 6) is 0.864. The zero-order valence-corrected chi connectivity index (χ0v) is 15.4. The van der Waals surface area contributed by atoms with Gasteiger partial charge >= 0.3 is 0 Å². The lowest BCUT2D eigenvalue weighted by atomic mass is 10.2. The van der Waals surface area contributed by atoms with E-state index in [1.807, 2.05) is 25.2 Å². The van der Waals surface area contributed by atoms with Gasteiger partial charge in [-0.25, -0.2) is 0 Å². The van der Waals surface area contributed by atoms with Gasteiger partial charge in [-0.1, -0.05) is 34.1 Å². The van der Waals surface area contributed by atoms with Gasteiger partial charge in [-0.05, 0) is 11.6 Å². The van der Waals surface area contributed by atoms with E-state index < -0.39 is 0 Å². The summed E-state index contributed by atoms with van der Waals surface area (Å²) >= 11 is 3.55. The van der Waals surface area contributed by atoms with Crippen molar-refractivity contribution in [2.24, 2.45) is 4.99 Å². The summed E-state index contributed by atoms with van der Waals surface area (Å²) in [5.41, 5.74) is 1.23. The SMILES string of the molecule is CN=C(NCCOC)N(C)Cc1ccccc1Br.I. The molecule has 108 valence electrons. The fourth-order valence-corrected chi connectivity index (χ4v) is 2.02. The highest BCUT2D eigenvalue weighted by atomic mass is 127. The van der Waals surface area contributed by atoms with E-state index in [0.29, 0.717) is 6.61 Å². The molecule has 0 heterocycles. The Morgan fingerprint density at radius 3 is 2.68 bits per heavy atom. The Kier molecular flexibility index (Phi) is 10.3. The van der Waals surface area contributed by atoms with E-state index >= 15 is 0 Å². The van der Waals surface area contributed by atoms with E-state index in [9.17, 15) is 0 Å².